The molecule has 126 valence electrons. The first-order valence-corrected chi connectivity index (χ1v) is 7.68. The third kappa shape index (κ3) is 4.37. The maximum atomic E-state index is 12.0. The van der Waals surface area contributed by atoms with Crippen molar-refractivity contribution in [2.75, 3.05) is 14.1 Å². The van der Waals surface area contributed by atoms with E-state index < -0.39 is 17.8 Å². The van der Waals surface area contributed by atoms with Crippen LogP contribution in [0.3, 0.4) is 0 Å². The molecule has 0 saturated heterocycles. The van der Waals surface area contributed by atoms with Gasteiger partial charge in [0.15, 0.2) is 0 Å². The molecule has 6 heteroatoms. The minimum absolute atomic E-state index is 0.217. The number of ether oxygens (including phenoxy) is 2. The Morgan fingerprint density at radius 1 is 1.26 bits per heavy atom. The summed E-state index contributed by atoms with van der Waals surface area (Å²) in [5.41, 5.74) is 1.38. The van der Waals surface area contributed by atoms with Crippen LogP contribution in [0.25, 0.3) is 0 Å². The van der Waals surface area contributed by atoms with Crippen molar-refractivity contribution in [1.29, 1.82) is 0 Å². The van der Waals surface area contributed by atoms with E-state index in [0.29, 0.717) is 5.75 Å². The molecule has 2 rings (SSSR count). The quantitative estimate of drug-likeness (QED) is 0.908. The Labute approximate surface area is 136 Å². The molecular weight excluding hydrogens is 296 g/mol. The van der Waals surface area contributed by atoms with Gasteiger partial charge in [0.25, 0.3) is 0 Å². The van der Waals surface area contributed by atoms with Gasteiger partial charge in [0.2, 0.25) is 0 Å². The predicted molar refractivity (Wildman–Crippen MR) is 86.6 cm³/mol. The van der Waals surface area contributed by atoms with E-state index in [1.807, 2.05) is 32.9 Å². The van der Waals surface area contributed by atoms with Crippen molar-refractivity contribution >= 4 is 12.2 Å². The average Bonchev–Trinajstić information content (AvgIpc) is 2.80. The van der Waals surface area contributed by atoms with Gasteiger partial charge in [-0.3, -0.25) is 0 Å². The van der Waals surface area contributed by atoms with Crippen LogP contribution in [-0.2, 0) is 11.2 Å². The van der Waals surface area contributed by atoms with Gasteiger partial charge < -0.3 is 19.7 Å². The van der Waals surface area contributed by atoms with Crippen LogP contribution in [0.15, 0.2) is 18.2 Å². The van der Waals surface area contributed by atoms with Crippen molar-refractivity contribution in [3.8, 4) is 5.75 Å². The SMILES string of the molecule is CN(C)C(=O)Oc1cccc2c1C(NC(=O)OC(C)(C)C)CC2. The van der Waals surface area contributed by atoms with Gasteiger partial charge in [-0.1, -0.05) is 12.1 Å². The summed E-state index contributed by atoms with van der Waals surface area (Å²) in [6, 6.07) is 5.37. The lowest BCUT2D eigenvalue weighted by atomic mass is 10.1. The van der Waals surface area contributed by atoms with E-state index in [9.17, 15) is 9.59 Å². The molecule has 1 atom stereocenters. The summed E-state index contributed by atoms with van der Waals surface area (Å²) in [6.07, 6.45) is 0.666. The van der Waals surface area contributed by atoms with Gasteiger partial charge in [-0.2, -0.15) is 0 Å². The van der Waals surface area contributed by atoms with Crippen molar-refractivity contribution in [3.05, 3.63) is 29.3 Å². The number of carbonyl (C=O) groups is 2. The normalized spacial score (nSPS) is 16.5. The van der Waals surface area contributed by atoms with Crippen LogP contribution >= 0.6 is 0 Å². The van der Waals surface area contributed by atoms with E-state index in [2.05, 4.69) is 5.32 Å². The molecule has 0 radical (unpaired) electrons. The zero-order valence-electron chi connectivity index (χ0n) is 14.3. The van der Waals surface area contributed by atoms with Gasteiger partial charge in [-0.25, -0.2) is 9.59 Å². The van der Waals surface area contributed by atoms with E-state index in [4.69, 9.17) is 9.47 Å². The smallest absolute Gasteiger partial charge is 0.414 e. The number of nitrogens with one attached hydrogen (secondary N) is 1. The molecule has 6 nitrogen and oxygen atoms in total. The van der Waals surface area contributed by atoms with Crippen LogP contribution < -0.4 is 10.1 Å². The second-order valence-corrected chi connectivity index (χ2v) is 6.83. The molecule has 1 aromatic carbocycles. The fourth-order valence-electron chi connectivity index (χ4n) is 2.52. The highest BCUT2D eigenvalue weighted by Gasteiger charge is 2.30. The Hall–Kier alpha value is -2.24. The molecule has 0 spiro atoms. The van der Waals surface area contributed by atoms with Gasteiger partial charge in [0.1, 0.15) is 11.4 Å². The zero-order valence-corrected chi connectivity index (χ0v) is 14.3. The number of fused-ring (bicyclic) bond motifs is 1. The minimum Gasteiger partial charge on any atom is -0.444 e. The van der Waals surface area contributed by atoms with Gasteiger partial charge in [-0.15, -0.1) is 0 Å². The molecule has 23 heavy (non-hydrogen) atoms. The molecule has 1 aromatic rings. The highest BCUT2D eigenvalue weighted by Crippen LogP contribution is 2.38. The van der Waals surface area contributed by atoms with Crippen molar-refractivity contribution < 1.29 is 19.1 Å². The van der Waals surface area contributed by atoms with Crippen molar-refractivity contribution in [3.63, 3.8) is 0 Å². The Bertz CT molecular complexity index is 605. The summed E-state index contributed by atoms with van der Waals surface area (Å²) in [5, 5.41) is 2.87. The van der Waals surface area contributed by atoms with Crippen LogP contribution in [-0.4, -0.2) is 36.8 Å². The Morgan fingerprint density at radius 2 is 1.96 bits per heavy atom. The van der Waals surface area contributed by atoms with Crippen LogP contribution in [0, 0.1) is 0 Å². The first-order valence-electron chi connectivity index (χ1n) is 7.68. The summed E-state index contributed by atoms with van der Waals surface area (Å²) in [6.45, 7) is 5.46. The van der Waals surface area contributed by atoms with E-state index in [1.54, 1.807) is 20.2 Å². The Kier molecular flexibility index (Phi) is 4.82. The fraction of sp³-hybridized carbons (Fsp3) is 0.529. The van der Waals surface area contributed by atoms with Crippen LogP contribution in [0.5, 0.6) is 5.75 Å². The summed E-state index contributed by atoms with van der Waals surface area (Å²) < 4.78 is 10.7. The molecule has 0 heterocycles. The third-order valence-electron chi connectivity index (χ3n) is 3.46. The lowest BCUT2D eigenvalue weighted by Crippen LogP contribution is -2.34. The molecule has 0 saturated carbocycles. The lowest BCUT2D eigenvalue weighted by molar-refractivity contribution is 0.0503. The third-order valence-corrected chi connectivity index (χ3v) is 3.46. The molecule has 1 aliphatic rings. The number of carbonyl (C=O) groups excluding carboxylic acids is 2. The van der Waals surface area contributed by atoms with Crippen LogP contribution in [0.1, 0.15) is 44.4 Å². The first kappa shape index (κ1) is 17.1. The summed E-state index contributed by atoms with van der Waals surface area (Å²) in [5.74, 6) is 0.486. The number of benzene rings is 1. The standard InChI is InChI=1S/C17H24N2O4/c1-17(2,3)23-15(20)18-12-10-9-11-7-6-8-13(14(11)12)22-16(21)19(4)5/h6-8,12H,9-10H2,1-5H3,(H,18,20). The molecular formula is C17H24N2O4. The fourth-order valence-corrected chi connectivity index (χ4v) is 2.52. The topological polar surface area (TPSA) is 67.9 Å². The largest absolute Gasteiger partial charge is 0.444 e. The molecule has 0 aliphatic heterocycles. The molecule has 0 bridgehead atoms. The Balaban J connectivity index is 2.17. The lowest BCUT2D eigenvalue weighted by Gasteiger charge is -2.23. The van der Waals surface area contributed by atoms with E-state index >= 15 is 0 Å². The number of rotatable bonds is 2. The second kappa shape index (κ2) is 6.48. The van der Waals surface area contributed by atoms with Crippen molar-refractivity contribution in [2.24, 2.45) is 0 Å². The maximum Gasteiger partial charge on any atom is 0.414 e. The first-order chi connectivity index (χ1) is 10.7. The number of amides is 2. The number of aryl methyl sites for hydroxylation is 1. The van der Waals surface area contributed by atoms with Gasteiger partial charge in [0.05, 0.1) is 6.04 Å². The van der Waals surface area contributed by atoms with E-state index in [1.165, 1.54) is 4.90 Å². The second-order valence-electron chi connectivity index (χ2n) is 6.83. The zero-order chi connectivity index (χ0) is 17.2. The Morgan fingerprint density at radius 3 is 2.57 bits per heavy atom. The van der Waals surface area contributed by atoms with Crippen LogP contribution in [0.4, 0.5) is 9.59 Å². The highest BCUT2D eigenvalue weighted by molar-refractivity contribution is 5.72. The van der Waals surface area contributed by atoms with Gasteiger partial charge >= 0.3 is 12.2 Å². The van der Waals surface area contributed by atoms with Crippen molar-refractivity contribution in [1.82, 2.24) is 10.2 Å². The number of nitrogens with zero attached hydrogens (tertiary/aromatic N) is 1. The number of hydrogen-bond donors (Lipinski definition) is 1. The summed E-state index contributed by atoms with van der Waals surface area (Å²) >= 11 is 0. The van der Waals surface area contributed by atoms with Crippen molar-refractivity contribution in [2.45, 2.75) is 45.3 Å². The van der Waals surface area contributed by atoms with Gasteiger partial charge in [0, 0.05) is 19.7 Å². The predicted octanol–water partition coefficient (Wildman–Crippen LogP) is 3.26. The molecule has 0 fully saturated rings. The minimum atomic E-state index is -0.553. The molecule has 1 N–H and O–H groups in total. The highest BCUT2D eigenvalue weighted by atomic mass is 16.6. The van der Waals surface area contributed by atoms with Crippen LogP contribution in [0.2, 0.25) is 0 Å². The molecule has 1 unspecified atom stereocenters. The molecule has 1 aliphatic carbocycles. The summed E-state index contributed by atoms with van der Waals surface area (Å²) in [4.78, 5) is 25.2. The van der Waals surface area contributed by atoms with E-state index in [0.717, 1.165) is 24.0 Å². The number of alkyl carbamates (subject to hydrolysis) is 1. The maximum absolute atomic E-state index is 12.0. The molecule has 2 amide bonds. The monoisotopic (exact) mass is 320 g/mol. The number of hydrogen-bond acceptors (Lipinski definition) is 4. The van der Waals surface area contributed by atoms with E-state index in [-0.39, 0.29) is 6.04 Å². The molecule has 0 aromatic heterocycles. The summed E-state index contributed by atoms with van der Waals surface area (Å²) in [7, 11) is 3.25. The average molecular weight is 320 g/mol. The van der Waals surface area contributed by atoms with Gasteiger partial charge in [-0.05, 0) is 45.2 Å².